The molecule has 0 unspecified atom stereocenters. The predicted octanol–water partition coefficient (Wildman–Crippen LogP) is 5.05. The lowest BCUT2D eigenvalue weighted by atomic mass is 9.85. The molecule has 3 aromatic carbocycles. The van der Waals surface area contributed by atoms with Gasteiger partial charge in [-0.05, 0) is 60.4 Å². The highest BCUT2D eigenvalue weighted by Gasteiger charge is 2.37. The Bertz CT molecular complexity index is 1360. The number of benzene rings is 3. The number of halogens is 4. The fraction of sp³-hybridized carbons (Fsp3) is 0.400. The van der Waals surface area contributed by atoms with Gasteiger partial charge in [0, 0.05) is 16.7 Å². The minimum absolute atomic E-state index is 0.157. The van der Waals surface area contributed by atoms with E-state index in [-0.39, 0.29) is 32.0 Å². The Balaban J connectivity index is 0.000000550. The topological polar surface area (TPSA) is 57.2 Å². The summed E-state index contributed by atoms with van der Waals surface area (Å²) in [5.41, 5.74) is 4.48. The molecule has 208 valence electrons. The van der Waals surface area contributed by atoms with Crippen molar-refractivity contribution in [1.29, 1.82) is 0 Å². The Hall–Kier alpha value is -1.91. The zero-order valence-electron chi connectivity index (χ0n) is 23.3. The Morgan fingerprint density at radius 1 is 0.711 bits per heavy atom. The monoisotopic (exact) mass is 660 g/mol. The fourth-order valence-electron chi connectivity index (χ4n) is 3.86. The van der Waals surface area contributed by atoms with Crippen molar-refractivity contribution in [3.05, 3.63) is 89.6 Å². The first-order valence-electron chi connectivity index (χ1n) is 12.1. The summed E-state index contributed by atoms with van der Waals surface area (Å²) in [6.07, 6.45) is 0. The highest BCUT2D eigenvalue weighted by Crippen LogP contribution is 2.29. The van der Waals surface area contributed by atoms with Gasteiger partial charge < -0.3 is 4.55 Å². The Morgan fingerprint density at radius 2 is 1.13 bits per heavy atom. The summed E-state index contributed by atoms with van der Waals surface area (Å²) in [6.45, 7) is 20.5. The normalized spacial score (nSPS) is 12.7. The summed E-state index contributed by atoms with van der Waals surface area (Å²) in [5.74, 6) is 0. The highest BCUT2D eigenvalue weighted by molar-refractivity contribution is 7.86. The zero-order valence-corrected chi connectivity index (χ0v) is 26.3. The van der Waals surface area contributed by atoms with Gasteiger partial charge in [-0.2, -0.15) is 13.2 Å². The van der Waals surface area contributed by atoms with Crippen LogP contribution in [0.1, 0.15) is 69.4 Å². The quantitative estimate of drug-likeness (QED) is 0.225. The minimum atomic E-state index is -6.09. The lowest BCUT2D eigenvalue weighted by Gasteiger charge is -2.20. The van der Waals surface area contributed by atoms with Crippen molar-refractivity contribution in [1.82, 2.24) is 0 Å². The number of hydrogen-bond acceptors (Lipinski definition) is 3. The van der Waals surface area contributed by atoms with Crippen LogP contribution in [0.3, 0.4) is 0 Å². The maximum atomic E-state index is 10.7. The number of alkyl halides is 3. The third kappa shape index (κ3) is 8.55. The first kappa shape index (κ1) is 32.3. The van der Waals surface area contributed by atoms with Crippen LogP contribution in [0.5, 0.6) is 0 Å². The van der Waals surface area contributed by atoms with Crippen LogP contribution in [-0.4, -0.2) is 18.5 Å². The molecular weight excluding hydrogens is 624 g/mol. The van der Waals surface area contributed by atoms with Crippen LogP contribution >= 0.6 is 0 Å². The van der Waals surface area contributed by atoms with Crippen molar-refractivity contribution >= 4 is 10.1 Å². The van der Waals surface area contributed by atoms with Crippen LogP contribution in [-0.2, 0) is 20.9 Å². The van der Waals surface area contributed by atoms with Crippen molar-refractivity contribution < 1.29 is 47.3 Å². The molecule has 8 heteroatoms. The molecule has 3 aromatic rings. The smallest absolute Gasteiger partial charge is 0.485 e. The summed E-state index contributed by atoms with van der Waals surface area (Å²) in [5, 5.41) is 0. The van der Waals surface area contributed by atoms with E-state index in [1.165, 1.54) is 42.5 Å². The largest absolute Gasteiger partial charge is 0.741 e. The average molecular weight is 661 g/mol. The number of aryl methyl sites for hydroxylation is 3. The van der Waals surface area contributed by atoms with E-state index in [2.05, 4.69) is 117 Å². The van der Waals surface area contributed by atoms with E-state index in [1.54, 1.807) is 3.57 Å². The predicted molar refractivity (Wildman–Crippen MR) is 143 cm³/mol. The van der Waals surface area contributed by atoms with Crippen molar-refractivity contribution in [2.75, 3.05) is 0 Å². The van der Waals surface area contributed by atoms with Gasteiger partial charge in [0.05, 0.1) is 0 Å². The molecule has 0 atom stereocenters. The first-order valence-corrected chi connectivity index (χ1v) is 15.7. The third-order valence-corrected chi connectivity index (χ3v) is 10.2. The van der Waals surface area contributed by atoms with Gasteiger partial charge in [0.1, 0.15) is 0 Å². The molecule has 3 nitrogen and oxygen atoms in total. The number of hydrogen-bond donors (Lipinski definition) is 0. The van der Waals surface area contributed by atoms with Gasteiger partial charge in [-0.1, -0.05) is 89.6 Å². The van der Waals surface area contributed by atoms with Gasteiger partial charge in [0.2, 0.25) is 3.57 Å². The Kier molecular flexibility index (Phi) is 9.93. The van der Waals surface area contributed by atoms with Crippen LogP contribution in [0, 0.1) is 27.9 Å². The molecule has 38 heavy (non-hydrogen) atoms. The van der Waals surface area contributed by atoms with E-state index >= 15 is 0 Å². The average Bonchev–Trinajstić information content (AvgIpc) is 2.74. The summed E-state index contributed by atoms with van der Waals surface area (Å²) in [6, 6.07) is 21.1. The molecule has 0 bridgehead atoms. The molecule has 0 N–H and O–H groups in total. The van der Waals surface area contributed by atoms with E-state index < -0.39 is 15.6 Å². The lowest BCUT2D eigenvalue weighted by molar-refractivity contribution is -0.597. The van der Waals surface area contributed by atoms with E-state index in [9.17, 15) is 13.2 Å². The van der Waals surface area contributed by atoms with Crippen molar-refractivity contribution in [3.63, 3.8) is 0 Å². The van der Waals surface area contributed by atoms with E-state index in [0.717, 1.165) is 0 Å². The molecule has 0 aliphatic rings. The van der Waals surface area contributed by atoms with Crippen LogP contribution in [0.15, 0.2) is 54.6 Å². The summed E-state index contributed by atoms with van der Waals surface area (Å²) < 4.78 is 62.0. The molecule has 0 aromatic heterocycles. The van der Waals surface area contributed by atoms with Gasteiger partial charge in [-0.15, -0.1) is 0 Å². The third-order valence-electron chi connectivity index (χ3n) is 5.96. The molecule has 0 fully saturated rings. The highest BCUT2D eigenvalue weighted by atomic mass is 127. The SMILES string of the molecule is Cc1cc(C)c([I+]c2cc(C(C)(C)C)ccc2-c2ccc(C(C)(C)C)cc2)c(C)c1.O=S(=O)([O-])C(F)(F)F. The molecule has 0 heterocycles. The van der Waals surface area contributed by atoms with E-state index in [0.29, 0.717) is 0 Å². The fourth-order valence-corrected chi connectivity index (χ4v) is 6.87. The van der Waals surface area contributed by atoms with Gasteiger partial charge >= 0.3 is 26.7 Å². The molecule has 0 aliphatic carbocycles. The van der Waals surface area contributed by atoms with Crippen LogP contribution in [0.2, 0.25) is 0 Å². The number of rotatable bonds is 3. The van der Waals surface area contributed by atoms with Gasteiger partial charge in [0.15, 0.2) is 13.7 Å². The second-order valence-corrected chi connectivity index (χ2v) is 15.6. The molecule has 0 amide bonds. The Labute approximate surface area is 235 Å². The summed E-state index contributed by atoms with van der Waals surface area (Å²) in [7, 11) is -6.09. The molecule has 0 aliphatic heterocycles. The molecule has 0 saturated carbocycles. The molecule has 3 rings (SSSR count). The van der Waals surface area contributed by atoms with Crippen LogP contribution < -0.4 is 21.2 Å². The van der Waals surface area contributed by atoms with E-state index in [4.69, 9.17) is 13.0 Å². The maximum absolute atomic E-state index is 10.7. The van der Waals surface area contributed by atoms with Gasteiger partial charge in [0.25, 0.3) is 0 Å². The maximum Gasteiger partial charge on any atom is 0.485 e. The van der Waals surface area contributed by atoms with Gasteiger partial charge in [-0.25, -0.2) is 8.42 Å². The minimum Gasteiger partial charge on any atom is -0.741 e. The molecule has 0 saturated heterocycles. The molecule has 0 spiro atoms. The first-order chi connectivity index (χ1) is 17.1. The van der Waals surface area contributed by atoms with E-state index in [1.807, 2.05) is 0 Å². The molecule has 0 radical (unpaired) electrons. The van der Waals surface area contributed by atoms with Crippen molar-refractivity contribution in [2.24, 2.45) is 0 Å². The van der Waals surface area contributed by atoms with Gasteiger partial charge in [-0.3, -0.25) is 0 Å². The summed E-state index contributed by atoms with van der Waals surface area (Å²) in [4.78, 5) is 0. The van der Waals surface area contributed by atoms with Crippen LogP contribution in [0.4, 0.5) is 13.2 Å². The standard InChI is InChI=1S/C29H36I.CHF3O3S/c1-19-16-20(2)27(21(3)17-19)30-26-18-24(29(7,8)9)14-15-25(26)22-10-12-23(13-11-22)28(4,5)6;2-1(3,4)8(5,6)7/h10-18H,1-9H3;(H,5,6,7)/q+1;/p-1. The van der Waals surface area contributed by atoms with Crippen molar-refractivity contribution in [2.45, 2.75) is 78.7 Å². The summed E-state index contributed by atoms with van der Waals surface area (Å²) >= 11 is -0.271. The second kappa shape index (κ2) is 11.7. The second-order valence-electron chi connectivity index (χ2n) is 11.5. The molecular formula is C30H36F3IO3S. The van der Waals surface area contributed by atoms with Crippen LogP contribution in [0.25, 0.3) is 11.1 Å². The zero-order chi connectivity index (χ0) is 29.3. The lowest BCUT2D eigenvalue weighted by Crippen LogP contribution is -3.62. The van der Waals surface area contributed by atoms with Crippen molar-refractivity contribution in [3.8, 4) is 11.1 Å². The Morgan fingerprint density at radius 3 is 1.53 bits per heavy atom.